The van der Waals surface area contributed by atoms with Crippen LogP contribution in [0.5, 0.6) is 5.75 Å². The van der Waals surface area contributed by atoms with Crippen LogP contribution in [0.2, 0.25) is 0 Å². The number of Topliss-reactive ketones (excluding diaryl/α,β-unsaturated/α-hetero) is 1. The lowest BCUT2D eigenvalue weighted by Gasteiger charge is -2.05. The Morgan fingerprint density at radius 2 is 2.27 bits per heavy atom. The number of rotatable bonds is 6. The van der Waals surface area contributed by atoms with Gasteiger partial charge in [-0.15, -0.1) is 0 Å². The van der Waals surface area contributed by atoms with Crippen LogP contribution in [0.3, 0.4) is 0 Å². The zero-order valence-electron chi connectivity index (χ0n) is 9.25. The van der Waals surface area contributed by atoms with Crippen molar-refractivity contribution in [3.05, 3.63) is 29.8 Å². The summed E-state index contributed by atoms with van der Waals surface area (Å²) in [6, 6.07) is 7.32. The van der Waals surface area contributed by atoms with Gasteiger partial charge in [-0.3, -0.25) is 4.79 Å². The molecule has 0 bridgehead atoms. The van der Waals surface area contributed by atoms with Gasteiger partial charge in [0.25, 0.3) is 0 Å². The second-order valence-corrected chi connectivity index (χ2v) is 3.24. The molecule has 82 valence electrons. The van der Waals surface area contributed by atoms with Gasteiger partial charge in [-0.2, -0.15) is 0 Å². The third kappa shape index (κ3) is 3.72. The first kappa shape index (κ1) is 11.7. The van der Waals surface area contributed by atoms with E-state index in [4.69, 9.17) is 4.74 Å². The van der Waals surface area contributed by atoms with Crippen LogP contribution in [-0.2, 0) is 0 Å². The minimum Gasteiger partial charge on any atom is -0.494 e. The number of carbonyl (C=O) groups is 1. The molecule has 15 heavy (non-hydrogen) atoms. The van der Waals surface area contributed by atoms with Crippen LogP contribution >= 0.6 is 0 Å². The Bertz CT molecular complexity index is 323. The van der Waals surface area contributed by atoms with Crippen LogP contribution in [0.1, 0.15) is 23.7 Å². The summed E-state index contributed by atoms with van der Waals surface area (Å²) in [6.45, 7) is 3.25. The maximum absolute atomic E-state index is 11.7. The minimum atomic E-state index is 0.144. The summed E-state index contributed by atoms with van der Waals surface area (Å²) < 4.78 is 5.33. The third-order valence-electron chi connectivity index (χ3n) is 2.07. The quantitative estimate of drug-likeness (QED) is 0.724. The van der Waals surface area contributed by atoms with Crippen molar-refractivity contribution in [2.75, 3.05) is 20.2 Å². The molecular formula is C12H17NO2. The van der Waals surface area contributed by atoms with E-state index in [0.717, 1.165) is 11.3 Å². The van der Waals surface area contributed by atoms with Crippen LogP contribution in [-0.4, -0.2) is 26.0 Å². The molecule has 0 atom stereocenters. The maximum Gasteiger partial charge on any atom is 0.164 e. The van der Waals surface area contributed by atoms with E-state index in [9.17, 15) is 4.79 Å². The van der Waals surface area contributed by atoms with Crippen molar-refractivity contribution in [3.63, 3.8) is 0 Å². The molecule has 0 aliphatic rings. The van der Waals surface area contributed by atoms with E-state index in [2.05, 4.69) is 5.32 Å². The largest absolute Gasteiger partial charge is 0.494 e. The van der Waals surface area contributed by atoms with Crippen molar-refractivity contribution in [2.45, 2.75) is 13.3 Å². The smallest absolute Gasteiger partial charge is 0.164 e. The van der Waals surface area contributed by atoms with Crippen LogP contribution in [0.4, 0.5) is 0 Å². The summed E-state index contributed by atoms with van der Waals surface area (Å²) in [5, 5.41) is 2.96. The highest BCUT2D eigenvalue weighted by Crippen LogP contribution is 2.14. The van der Waals surface area contributed by atoms with Crippen LogP contribution < -0.4 is 10.1 Å². The van der Waals surface area contributed by atoms with Crippen molar-refractivity contribution in [2.24, 2.45) is 0 Å². The van der Waals surface area contributed by atoms with Gasteiger partial charge in [0.15, 0.2) is 5.78 Å². The molecule has 1 rings (SSSR count). The Labute approximate surface area is 90.4 Å². The summed E-state index contributed by atoms with van der Waals surface area (Å²) in [5.41, 5.74) is 0.719. The van der Waals surface area contributed by atoms with E-state index < -0.39 is 0 Å². The molecule has 3 nitrogen and oxygen atoms in total. The van der Waals surface area contributed by atoms with Crippen molar-refractivity contribution in [3.8, 4) is 5.75 Å². The van der Waals surface area contributed by atoms with Crippen LogP contribution in [0.25, 0.3) is 0 Å². The lowest BCUT2D eigenvalue weighted by molar-refractivity contribution is 0.0983. The molecule has 0 saturated carbocycles. The minimum absolute atomic E-state index is 0.144. The predicted octanol–water partition coefficient (Wildman–Crippen LogP) is 1.88. The van der Waals surface area contributed by atoms with Gasteiger partial charge in [0.05, 0.1) is 6.61 Å². The Hall–Kier alpha value is -1.35. The number of benzene rings is 1. The first-order valence-corrected chi connectivity index (χ1v) is 5.18. The van der Waals surface area contributed by atoms with Gasteiger partial charge in [0.2, 0.25) is 0 Å². The van der Waals surface area contributed by atoms with E-state index in [1.807, 2.05) is 32.2 Å². The predicted molar refractivity (Wildman–Crippen MR) is 60.5 cm³/mol. The van der Waals surface area contributed by atoms with E-state index in [1.54, 1.807) is 6.07 Å². The second-order valence-electron chi connectivity index (χ2n) is 3.24. The number of ketones is 1. The van der Waals surface area contributed by atoms with Gasteiger partial charge in [-0.25, -0.2) is 0 Å². The lowest BCUT2D eigenvalue weighted by atomic mass is 10.1. The van der Waals surface area contributed by atoms with Crippen LogP contribution in [0, 0.1) is 0 Å². The Balaban J connectivity index is 2.67. The lowest BCUT2D eigenvalue weighted by Crippen LogP contribution is -2.13. The number of hydrogen-bond donors (Lipinski definition) is 1. The molecule has 3 heteroatoms. The molecule has 1 aromatic carbocycles. The average molecular weight is 207 g/mol. The zero-order chi connectivity index (χ0) is 11.1. The van der Waals surface area contributed by atoms with Gasteiger partial charge in [0.1, 0.15) is 5.75 Å². The summed E-state index contributed by atoms with van der Waals surface area (Å²) in [7, 11) is 1.84. The molecule has 0 saturated heterocycles. The topological polar surface area (TPSA) is 38.3 Å². The van der Waals surface area contributed by atoms with E-state index in [1.165, 1.54) is 0 Å². The van der Waals surface area contributed by atoms with Crippen molar-refractivity contribution in [1.29, 1.82) is 0 Å². The fraction of sp³-hybridized carbons (Fsp3) is 0.417. The SMILES string of the molecule is CCOc1cccc(C(=O)CCNC)c1. The fourth-order valence-electron chi connectivity index (χ4n) is 1.31. The van der Waals surface area contributed by atoms with Crippen molar-refractivity contribution in [1.82, 2.24) is 5.32 Å². The van der Waals surface area contributed by atoms with E-state index in [-0.39, 0.29) is 5.78 Å². The summed E-state index contributed by atoms with van der Waals surface area (Å²) in [4.78, 5) is 11.7. The summed E-state index contributed by atoms with van der Waals surface area (Å²) >= 11 is 0. The molecular weight excluding hydrogens is 190 g/mol. The Morgan fingerprint density at radius 1 is 1.47 bits per heavy atom. The standard InChI is InChI=1S/C12H17NO2/c1-3-15-11-6-4-5-10(9-11)12(14)7-8-13-2/h4-6,9,13H,3,7-8H2,1-2H3. The monoisotopic (exact) mass is 207 g/mol. The van der Waals surface area contributed by atoms with Gasteiger partial charge < -0.3 is 10.1 Å². The number of hydrogen-bond acceptors (Lipinski definition) is 3. The van der Waals surface area contributed by atoms with Crippen molar-refractivity contribution < 1.29 is 9.53 Å². The number of ether oxygens (including phenoxy) is 1. The van der Waals surface area contributed by atoms with Crippen molar-refractivity contribution >= 4 is 5.78 Å². The van der Waals surface area contributed by atoms with Gasteiger partial charge in [-0.05, 0) is 26.1 Å². The zero-order valence-corrected chi connectivity index (χ0v) is 9.25. The molecule has 0 heterocycles. The second kappa shape index (κ2) is 6.19. The van der Waals surface area contributed by atoms with Gasteiger partial charge in [0, 0.05) is 18.5 Å². The molecule has 0 unspecified atom stereocenters. The maximum atomic E-state index is 11.7. The molecule has 0 fully saturated rings. The average Bonchev–Trinajstić information content (AvgIpc) is 2.27. The number of nitrogens with one attached hydrogen (secondary N) is 1. The highest BCUT2D eigenvalue weighted by molar-refractivity contribution is 5.96. The molecule has 0 aromatic heterocycles. The van der Waals surface area contributed by atoms with Gasteiger partial charge in [-0.1, -0.05) is 12.1 Å². The highest BCUT2D eigenvalue weighted by Gasteiger charge is 2.05. The number of carbonyl (C=O) groups excluding carboxylic acids is 1. The molecule has 0 aliphatic heterocycles. The fourth-order valence-corrected chi connectivity index (χ4v) is 1.31. The Kier molecular flexibility index (Phi) is 4.84. The molecule has 0 spiro atoms. The van der Waals surface area contributed by atoms with Crippen LogP contribution in [0.15, 0.2) is 24.3 Å². The molecule has 0 aliphatic carbocycles. The molecule has 1 aromatic rings. The summed E-state index contributed by atoms with van der Waals surface area (Å²) in [5.74, 6) is 0.902. The molecule has 0 amide bonds. The van der Waals surface area contributed by atoms with E-state index >= 15 is 0 Å². The highest BCUT2D eigenvalue weighted by atomic mass is 16.5. The van der Waals surface area contributed by atoms with E-state index in [0.29, 0.717) is 19.6 Å². The Morgan fingerprint density at radius 3 is 2.93 bits per heavy atom. The molecule has 0 radical (unpaired) electrons. The summed E-state index contributed by atoms with van der Waals surface area (Å²) in [6.07, 6.45) is 0.520. The normalized spacial score (nSPS) is 10.0. The molecule has 1 N–H and O–H groups in total. The first-order chi connectivity index (χ1) is 7.27. The first-order valence-electron chi connectivity index (χ1n) is 5.18. The third-order valence-corrected chi connectivity index (χ3v) is 2.07. The van der Waals surface area contributed by atoms with Gasteiger partial charge >= 0.3 is 0 Å².